The Morgan fingerprint density at radius 1 is 1.21 bits per heavy atom. The third kappa shape index (κ3) is 3.87. The molecule has 0 heterocycles. The summed E-state index contributed by atoms with van der Waals surface area (Å²) in [5.41, 5.74) is -1.91. The first kappa shape index (κ1) is 17.4. The van der Waals surface area contributed by atoms with Gasteiger partial charge < -0.3 is 10.4 Å². The first-order valence-electron chi connectivity index (χ1n) is 6.59. The molecule has 9 heteroatoms. The van der Waals surface area contributed by atoms with Crippen LogP contribution in [0.25, 0.3) is 0 Å². The fraction of sp³-hybridized carbons (Fsp3) is 0.133. The smallest absolute Gasteiger partial charge is 0.392 e. The molecule has 0 spiro atoms. The number of amides is 1. The maximum atomic E-state index is 12.6. The minimum absolute atomic E-state index is 0.251. The molecule has 0 aromatic heterocycles. The lowest BCUT2D eigenvalue weighted by molar-refractivity contribution is -0.385. The highest BCUT2D eigenvalue weighted by atomic mass is 19.4. The number of hydrogen-bond donors (Lipinski definition) is 2. The van der Waals surface area contributed by atoms with Crippen molar-refractivity contribution in [3.63, 3.8) is 0 Å². The summed E-state index contributed by atoms with van der Waals surface area (Å²) in [5, 5.41) is 22.4. The Kier molecular flexibility index (Phi) is 4.84. The van der Waals surface area contributed by atoms with Gasteiger partial charge in [-0.2, -0.15) is 13.2 Å². The van der Waals surface area contributed by atoms with E-state index in [4.69, 9.17) is 5.11 Å². The lowest BCUT2D eigenvalue weighted by atomic mass is 10.1. The largest absolute Gasteiger partial charge is 0.416 e. The average molecular weight is 340 g/mol. The van der Waals surface area contributed by atoms with E-state index in [1.165, 1.54) is 12.1 Å². The van der Waals surface area contributed by atoms with Crippen LogP contribution in [0.15, 0.2) is 42.5 Å². The molecule has 0 bridgehead atoms. The number of carbonyl (C=O) groups excluding carboxylic acids is 1. The van der Waals surface area contributed by atoms with Crippen molar-refractivity contribution in [2.24, 2.45) is 0 Å². The summed E-state index contributed by atoms with van der Waals surface area (Å²) in [4.78, 5) is 22.1. The summed E-state index contributed by atoms with van der Waals surface area (Å²) in [6, 6.07) is 7.73. The molecule has 2 rings (SSSR count). The first-order valence-corrected chi connectivity index (χ1v) is 6.59. The number of aliphatic hydroxyl groups excluding tert-OH is 1. The van der Waals surface area contributed by atoms with Crippen LogP contribution in [0.1, 0.15) is 21.5 Å². The lowest BCUT2D eigenvalue weighted by Gasteiger charge is -2.10. The van der Waals surface area contributed by atoms with E-state index in [1.54, 1.807) is 12.1 Å². The fourth-order valence-corrected chi connectivity index (χ4v) is 2.00. The number of nitrogens with one attached hydrogen (secondary N) is 1. The molecule has 0 saturated heterocycles. The van der Waals surface area contributed by atoms with Gasteiger partial charge in [0.15, 0.2) is 0 Å². The zero-order valence-corrected chi connectivity index (χ0v) is 12.0. The summed E-state index contributed by atoms with van der Waals surface area (Å²) < 4.78 is 37.9. The molecule has 0 fully saturated rings. The fourth-order valence-electron chi connectivity index (χ4n) is 2.00. The molecule has 0 saturated carbocycles. The van der Waals surface area contributed by atoms with Crippen LogP contribution in [-0.2, 0) is 12.8 Å². The van der Waals surface area contributed by atoms with Crippen molar-refractivity contribution in [2.75, 3.05) is 5.32 Å². The van der Waals surface area contributed by atoms with Crippen LogP contribution in [0.5, 0.6) is 0 Å². The second kappa shape index (κ2) is 6.67. The third-order valence-electron chi connectivity index (χ3n) is 3.13. The van der Waals surface area contributed by atoms with Crippen LogP contribution in [0.3, 0.4) is 0 Å². The Morgan fingerprint density at radius 3 is 2.50 bits per heavy atom. The number of halogens is 3. The maximum absolute atomic E-state index is 12.6. The van der Waals surface area contributed by atoms with Gasteiger partial charge in [0, 0.05) is 11.8 Å². The van der Waals surface area contributed by atoms with Crippen LogP contribution in [0.4, 0.5) is 24.5 Å². The number of anilines is 1. The number of aliphatic hydroxyl groups is 1. The SMILES string of the molecule is O=C(Nc1cccc(CO)c1)c1ccc(C(F)(F)F)cc1[N+](=O)[O-]. The van der Waals surface area contributed by atoms with Gasteiger partial charge in [-0.1, -0.05) is 12.1 Å². The molecule has 1 amide bonds. The molecule has 0 aliphatic rings. The Morgan fingerprint density at radius 2 is 1.92 bits per heavy atom. The molecule has 0 aliphatic carbocycles. The summed E-state index contributed by atoms with van der Waals surface area (Å²) in [5.74, 6) is -0.925. The standard InChI is InChI=1S/C15H11F3N2O4/c16-15(17,18)10-4-5-12(13(7-10)20(23)24)14(22)19-11-3-1-2-9(6-11)8-21/h1-7,21H,8H2,(H,19,22). The third-order valence-corrected chi connectivity index (χ3v) is 3.13. The first-order chi connectivity index (χ1) is 11.2. The van der Waals surface area contributed by atoms with Crippen molar-refractivity contribution in [3.8, 4) is 0 Å². The number of carbonyl (C=O) groups is 1. The second-order valence-electron chi connectivity index (χ2n) is 4.80. The van der Waals surface area contributed by atoms with Crippen molar-refractivity contribution in [1.29, 1.82) is 0 Å². The van der Waals surface area contributed by atoms with Crippen LogP contribution < -0.4 is 5.32 Å². The van der Waals surface area contributed by atoms with Crippen molar-refractivity contribution in [1.82, 2.24) is 0 Å². The Bertz CT molecular complexity index is 791. The number of benzene rings is 2. The van der Waals surface area contributed by atoms with Gasteiger partial charge in [-0.15, -0.1) is 0 Å². The molecule has 0 unspecified atom stereocenters. The van der Waals surface area contributed by atoms with Crippen molar-refractivity contribution < 1.29 is 28.0 Å². The summed E-state index contributed by atoms with van der Waals surface area (Å²) in [7, 11) is 0. The van der Waals surface area contributed by atoms with E-state index >= 15 is 0 Å². The van der Waals surface area contributed by atoms with E-state index in [1.807, 2.05) is 0 Å². The summed E-state index contributed by atoms with van der Waals surface area (Å²) in [6.07, 6.45) is -4.75. The zero-order chi connectivity index (χ0) is 17.9. The van der Waals surface area contributed by atoms with Crippen LogP contribution in [0.2, 0.25) is 0 Å². The Hall–Kier alpha value is -2.94. The molecular formula is C15H11F3N2O4. The van der Waals surface area contributed by atoms with E-state index < -0.39 is 33.8 Å². The minimum Gasteiger partial charge on any atom is -0.392 e. The molecule has 2 aromatic rings. The van der Waals surface area contributed by atoms with Crippen LogP contribution in [0, 0.1) is 10.1 Å². The Labute approximate surface area is 133 Å². The highest BCUT2D eigenvalue weighted by Crippen LogP contribution is 2.33. The van der Waals surface area contributed by atoms with Gasteiger partial charge in [-0.25, -0.2) is 0 Å². The van der Waals surface area contributed by atoms with Gasteiger partial charge in [0.1, 0.15) is 5.56 Å². The van der Waals surface area contributed by atoms with Gasteiger partial charge in [0.25, 0.3) is 11.6 Å². The monoisotopic (exact) mass is 340 g/mol. The topological polar surface area (TPSA) is 92.5 Å². The van der Waals surface area contributed by atoms with E-state index in [0.29, 0.717) is 17.7 Å². The minimum atomic E-state index is -4.75. The predicted octanol–water partition coefficient (Wildman–Crippen LogP) is 3.36. The molecular weight excluding hydrogens is 329 g/mol. The quantitative estimate of drug-likeness (QED) is 0.659. The number of alkyl halides is 3. The molecule has 0 aliphatic heterocycles. The molecule has 24 heavy (non-hydrogen) atoms. The number of rotatable bonds is 4. The van der Waals surface area contributed by atoms with Crippen LogP contribution in [-0.4, -0.2) is 15.9 Å². The van der Waals surface area contributed by atoms with Gasteiger partial charge in [-0.3, -0.25) is 14.9 Å². The molecule has 0 atom stereocenters. The predicted molar refractivity (Wildman–Crippen MR) is 78.4 cm³/mol. The van der Waals surface area contributed by atoms with Crippen molar-refractivity contribution >= 4 is 17.3 Å². The molecule has 0 radical (unpaired) electrons. The Balaban J connectivity index is 2.36. The van der Waals surface area contributed by atoms with E-state index in [0.717, 1.165) is 6.07 Å². The lowest BCUT2D eigenvalue weighted by Crippen LogP contribution is -2.15. The van der Waals surface area contributed by atoms with Gasteiger partial charge in [-0.05, 0) is 29.8 Å². The highest BCUT2D eigenvalue weighted by molar-refractivity contribution is 6.07. The second-order valence-corrected chi connectivity index (χ2v) is 4.80. The van der Waals surface area contributed by atoms with Crippen LogP contribution >= 0.6 is 0 Å². The van der Waals surface area contributed by atoms with E-state index in [9.17, 15) is 28.1 Å². The zero-order valence-electron chi connectivity index (χ0n) is 12.0. The van der Waals surface area contributed by atoms with E-state index in [-0.39, 0.29) is 12.3 Å². The van der Waals surface area contributed by atoms with Crippen molar-refractivity contribution in [2.45, 2.75) is 12.8 Å². The maximum Gasteiger partial charge on any atom is 0.416 e. The number of nitro groups is 1. The number of nitro benzene ring substituents is 1. The highest BCUT2D eigenvalue weighted by Gasteiger charge is 2.34. The average Bonchev–Trinajstić information content (AvgIpc) is 2.53. The number of hydrogen-bond acceptors (Lipinski definition) is 4. The molecule has 2 aromatic carbocycles. The van der Waals surface area contributed by atoms with Crippen molar-refractivity contribution in [3.05, 3.63) is 69.3 Å². The normalized spacial score (nSPS) is 11.2. The molecule has 126 valence electrons. The molecule has 6 nitrogen and oxygen atoms in total. The van der Waals surface area contributed by atoms with Gasteiger partial charge in [0.2, 0.25) is 0 Å². The van der Waals surface area contributed by atoms with E-state index in [2.05, 4.69) is 5.32 Å². The number of nitrogens with zero attached hydrogens (tertiary/aromatic N) is 1. The molecule has 2 N–H and O–H groups in total. The summed E-state index contributed by atoms with van der Waals surface area (Å²) in [6.45, 7) is -0.274. The summed E-state index contributed by atoms with van der Waals surface area (Å²) >= 11 is 0. The van der Waals surface area contributed by atoms with Gasteiger partial charge in [0.05, 0.1) is 17.1 Å². The van der Waals surface area contributed by atoms with Gasteiger partial charge >= 0.3 is 6.18 Å².